The molecule has 0 aliphatic heterocycles. The highest BCUT2D eigenvalue weighted by atomic mass is 19.1. The molecule has 18 heavy (non-hydrogen) atoms. The molecule has 0 fully saturated rings. The van der Waals surface area contributed by atoms with Crippen LogP contribution in [0.2, 0.25) is 0 Å². The van der Waals surface area contributed by atoms with Crippen molar-refractivity contribution < 1.29 is 8.78 Å². The Morgan fingerprint density at radius 3 is 2.56 bits per heavy atom. The molecular formula is C15H15F2N. The number of rotatable bonds is 4. The molecule has 1 atom stereocenters. The highest BCUT2D eigenvalue weighted by Crippen LogP contribution is 2.14. The molecule has 1 nitrogen and oxygen atoms in total. The number of anilines is 1. The fourth-order valence-corrected chi connectivity index (χ4v) is 1.91. The van der Waals surface area contributed by atoms with Crippen LogP contribution in [0, 0.1) is 11.6 Å². The van der Waals surface area contributed by atoms with E-state index in [1.54, 1.807) is 24.3 Å². The predicted octanol–water partition coefficient (Wildman–Crippen LogP) is 4.01. The molecule has 0 radical (unpaired) electrons. The molecule has 2 aromatic carbocycles. The van der Waals surface area contributed by atoms with E-state index < -0.39 is 0 Å². The van der Waals surface area contributed by atoms with Gasteiger partial charge in [0.2, 0.25) is 0 Å². The number of halogens is 2. The van der Waals surface area contributed by atoms with Crippen molar-refractivity contribution >= 4 is 5.69 Å². The Bertz CT molecular complexity index is 525. The minimum absolute atomic E-state index is 0.0312. The zero-order chi connectivity index (χ0) is 13.0. The molecule has 0 heterocycles. The molecular weight excluding hydrogens is 232 g/mol. The van der Waals surface area contributed by atoms with Crippen molar-refractivity contribution in [2.24, 2.45) is 0 Å². The van der Waals surface area contributed by atoms with Gasteiger partial charge >= 0.3 is 0 Å². The van der Waals surface area contributed by atoms with Crippen molar-refractivity contribution in [2.75, 3.05) is 5.32 Å². The van der Waals surface area contributed by atoms with Gasteiger partial charge < -0.3 is 5.32 Å². The molecule has 1 N–H and O–H groups in total. The Hall–Kier alpha value is -1.90. The van der Waals surface area contributed by atoms with Crippen LogP contribution >= 0.6 is 0 Å². The van der Waals surface area contributed by atoms with Gasteiger partial charge in [0.25, 0.3) is 0 Å². The maximum atomic E-state index is 13.5. The molecule has 0 bridgehead atoms. The summed E-state index contributed by atoms with van der Waals surface area (Å²) in [5, 5.41) is 3.15. The molecule has 1 unspecified atom stereocenters. The second kappa shape index (κ2) is 5.63. The topological polar surface area (TPSA) is 12.0 Å². The van der Waals surface area contributed by atoms with Crippen LogP contribution in [0.15, 0.2) is 48.5 Å². The molecule has 2 rings (SSSR count). The van der Waals surface area contributed by atoms with Crippen LogP contribution in [-0.2, 0) is 6.42 Å². The van der Waals surface area contributed by atoms with E-state index in [1.165, 1.54) is 18.2 Å². The quantitative estimate of drug-likeness (QED) is 0.860. The van der Waals surface area contributed by atoms with Crippen molar-refractivity contribution in [1.82, 2.24) is 0 Å². The van der Waals surface area contributed by atoms with Gasteiger partial charge in [-0.1, -0.05) is 24.3 Å². The van der Waals surface area contributed by atoms with Gasteiger partial charge in [0.1, 0.15) is 11.6 Å². The lowest BCUT2D eigenvalue weighted by Crippen LogP contribution is -2.18. The van der Waals surface area contributed by atoms with Crippen molar-refractivity contribution in [1.29, 1.82) is 0 Å². The zero-order valence-corrected chi connectivity index (χ0v) is 10.2. The second-order valence-corrected chi connectivity index (χ2v) is 4.35. The largest absolute Gasteiger partial charge is 0.382 e. The average Bonchev–Trinajstić information content (AvgIpc) is 2.32. The molecule has 2 aromatic rings. The molecule has 94 valence electrons. The van der Waals surface area contributed by atoms with E-state index in [0.717, 1.165) is 0 Å². The summed E-state index contributed by atoms with van der Waals surface area (Å²) in [6.07, 6.45) is 0.559. The van der Waals surface area contributed by atoms with Crippen LogP contribution in [0.1, 0.15) is 12.5 Å². The lowest BCUT2D eigenvalue weighted by Gasteiger charge is -2.15. The summed E-state index contributed by atoms with van der Waals surface area (Å²) in [5.74, 6) is -0.483. The molecule has 0 amide bonds. The van der Waals surface area contributed by atoms with Gasteiger partial charge in [-0.2, -0.15) is 0 Å². The van der Waals surface area contributed by atoms with Crippen LogP contribution < -0.4 is 5.32 Å². The Balaban J connectivity index is 2.01. The lowest BCUT2D eigenvalue weighted by atomic mass is 10.1. The summed E-state index contributed by atoms with van der Waals surface area (Å²) in [6, 6.07) is 13.0. The molecule has 0 spiro atoms. The van der Waals surface area contributed by atoms with Crippen LogP contribution in [0.4, 0.5) is 14.5 Å². The summed E-state index contributed by atoms with van der Waals surface area (Å²) in [5.41, 5.74) is 1.37. The van der Waals surface area contributed by atoms with E-state index in [4.69, 9.17) is 0 Å². The monoisotopic (exact) mass is 247 g/mol. The number of hydrogen-bond acceptors (Lipinski definition) is 1. The summed E-state index contributed by atoms with van der Waals surface area (Å²) in [6.45, 7) is 1.94. The Morgan fingerprint density at radius 2 is 1.83 bits per heavy atom. The third kappa shape index (κ3) is 3.29. The van der Waals surface area contributed by atoms with E-state index in [-0.39, 0.29) is 17.7 Å². The van der Waals surface area contributed by atoms with Gasteiger partial charge in [0.05, 0.1) is 0 Å². The van der Waals surface area contributed by atoms with Gasteiger partial charge in [0.15, 0.2) is 0 Å². The van der Waals surface area contributed by atoms with Gasteiger partial charge in [-0.3, -0.25) is 0 Å². The van der Waals surface area contributed by atoms with Crippen LogP contribution in [0.25, 0.3) is 0 Å². The molecule has 0 aromatic heterocycles. The van der Waals surface area contributed by atoms with Crippen LogP contribution in [-0.4, -0.2) is 6.04 Å². The van der Waals surface area contributed by atoms with Crippen molar-refractivity contribution in [2.45, 2.75) is 19.4 Å². The fraction of sp³-hybridized carbons (Fsp3) is 0.200. The van der Waals surface area contributed by atoms with Gasteiger partial charge in [-0.15, -0.1) is 0 Å². The van der Waals surface area contributed by atoms with Gasteiger partial charge in [-0.05, 0) is 43.2 Å². The molecule has 0 saturated heterocycles. The van der Waals surface area contributed by atoms with Gasteiger partial charge in [0, 0.05) is 11.7 Å². The minimum atomic E-state index is -0.280. The van der Waals surface area contributed by atoms with Crippen molar-refractivity contribution in [3.8, 4) is 0 Å². The maximum Gasteiger partial charge on any atom is 0.126 e. The SMILES string of the molecule is CC(Cc1ccccc1F)Nc1cccc(F)c1. The molecule has 3 heteroatoms. The maximum absolute atomic E-state index is 13.5. The number of hydrogen-bond donors (Lipinski definition) is 1. The van der Waals surface area contributed by atoms with Gasteiger partial charge in [-0.25, -0.2) is 8.78 Å². The van der Waals surface area contributed by atoms with E-state index >= 15 is 0 Å². The lowest BCUT2D eigenvalue weighted by molar-refractivity contribution is 0.601. The smallest absolute Gasteiger partial charge is 0.126 e. The molecule has 0 aliphatic rings. The van der Waals surface area contributed by atoms with E-state index in [9.17, 15) is 8.78 Å². The third-order valence-electron chi connectivity index (χ3n) is 2.72. The zero-order valence-electron chi connectivity index (χ0n) is 10.2. The summed E-state index contributed by atoms with van der Waals surface area (Å²) >= 11 is 0. The Morgan fingerprint density at radius 1 is 1.06 bits per heavy atom. The van der Waals surface area contributed by atoms with Crippen LogP contribution in [0.5, 0.6) is 0 Å². The fourth-order valence-electron chi connectivity index (χ4n) is 1.91. The molecule has 0 saturated carbocycles. The Labute approximate surface area is 105 Å². The first-order chi connectivity index (χ1) is 8.65. The Kier molecular flexibility index (Phi) is 3.92. The highest BCUT2D eigenvalue weighted by Gasteiger charge is 2.07. The highest BCUT2D eigenvalue weighted by molar-refractivity contribution is 5.44. The summed E-state index contributed by atoms with van der Waals surface area (Å²) in [4.78, 5) is 0. The van der Waals surface area contributed by atoms with Crippen LogP contribution in [0.3, 0.4) is 0 Å². The first kappa shape index (κ1) is 12.6. The second-order valence-electron chi connectivity index (χ2n) is 4.35. The van der Waals surface area contributed by atoms with E-state index in [2.05, 4.69) is 5.32 Å². The normalized spacial score (nSPS) is 12.2. The van der Waals surface area contributed by atoms with E-state index in [0.29, 0.717) is 17.7 Å². The van der Waals surface area contributed by atoms with E-state index in [1.807, 2.05) is 13.0 Å². The first-order valence-corrected chi connectivity index (χ1v) is 5.90. The summed E-state index contributed by atoms with van der Waals surface area (Å²) < 4.78 is 26.5. The third-order valence-corrected chi connectivity index (χ3v) is 2.72. The standard InChI is InChI=1S/C15H15F2N/c1-11(9-12-5-2-3-8-15(12)17)18-14-7-4-6-13(16)10-14/h2-8,10-11,18H,9H2,1H3. The predicted molar refractivity (Wildman–Crippen MR) is 69.6 cm³/mol. The molecule has 0 aliphatic carbocycles. The minimum Gasteiger partial charge on any atom is -0.382 e. The van der Waals surface area contributed by atoms with Crippen molar-refractivity contribution in [3.05, 3.63) is 65.7 Å². The number of benzene rings is 2. The average molecular weight is 247 g/mol. The number of nitrogens with one attached hydrogen (secondary N) is 1. The summed E-state index contributed by atoms with van der Waals surface area (Å²) in [7, 11) is 0. The van der Waals surface area contributed by atoms with Crippen molar-refractivity contribution in [3.63, 3.8) is 0 Å². The first-order valence-electron chi connectivity index (χ1n) is 5.90.